The fourth-order valence-electron chi connectivity index (χ4n) is 2.11. The van der Waals surface area contributed by atoms with Crippen molar-refractivity contribution in [2.45, 2.75) is 39.7 Å². The second-order valence-electron chi connectivity index (χ2n) is 4.93. The molecule has 1 rings (SSSR count). The predicted octanol–water partition coefficient (Wildman–Crippen LogP) is 3.04. The molecule has 96 valence electrons. The monoisotopic (exact) mass is 234 g/mol. The van der Waals surface area contributed by atoms with E-state index in [1.807, 2.05) is 0 Å². The average Bonchev–Trinajstić information content (AvgIpc) is 2.32. The fourth-order valence-corrected chi connectivity index (χ4v) is 2.11. The van der Waals surface area contributed by atoms with Crippen molar-refractivity contribution in [3.63, 3.8) is 0 Å². The van der Waals surface area contributed by atoms with Gasteiger partial charge in [-0.2, -0.15) is 0 Å². The summed E-state index contributed by atoms with van der Waals surface area (Å²) >= 11 is 0. The summed E-state index contributed by atoms with van der Waals surface area (Å²) in [6, 6.07) is 7.03. The number of nitrogens with two attached hydrogens (primary N) is 1. The van der Waals surface area contributed by atoms with Crippen LogP contribution in [0.2, 0.25) is 0 Å². The van der Waals surface area contributed by atoms with Crippen molar-refractivity contribution in [1.82, 2.24) is 4.90 Å². The molecule has 1 atom stereocenters. The van der Waals surface area contributed by atoms with E-state index in [0.717, 1.165) is 6.54 Å². The highest BCUT2D eigenvalue weighted by Crippen LogP contribution is 2.21. The number of benzene rings is 1. The van der Waals surface area contributed by atoms with Crippen molar-refractivity contribution in [2.75, 3.05) is 20.1 Å². The molecule has 2 nitrogen and oxygen atoms in total. The van der Waals surface area contributed by atoms with Crippen LogP contribution in [-0.2, 0) is 0 Å². The van der Waals surface area contributed by atoms with Crippen LogP contribution in [0, 0.1) is 13.8 Å². The zero-order valence-electron chi connectivity index (χ0n) is 11.7. The first kappa shape index (κ1) is 14.2. The van der Waals surface area contributed by atoms with Crippen molar-refractivity contribution in [3.8, 4) is 0 Å². The van der Waals surface area contributed by atoms with E-state index in [1.165, 1.54) is 29.5 Å². The number of rotatable bonds is 6. The van der Waals surface area contributed by atoms with Gasteiger partial charge in [0.15, 0.2) is 0 Å². The second kappa shape index (κ2) is 6.77. The summed E-state index contributed by atoms with van der Waals surface area (Å²) < 4.78 is 0. The molecule has 0 aliphatic rings. The van der Waals surface area contributed by atoms with E-state index in [-0.39, 0.29) is 0 Å². The maximum absolute atomic E-state index is 5.92. The van der Waals surface area contributed by atoms with Gasteiger partial charge in [0.1, 0.15) is 0 Å². The zero-order valence-corrected chi connectivity index (χ0v) is 11.7. The van der Waals surface area contributed by atoms with E-state index in [0.29, 0.717) is 12.6 Å². The quantitative estimate of drug-likeness (QED) is 0.819. The summed E-state index contributed by atoms with van der Waals surface area (Å²) in [4.78, 5) is 2.37. The standard InChI is InChI=1S/C15H26N2/c1-5-6-9-17(4)15(11-16)14-8-7-12(2)13(3)10-14/h7-8,10,15H,5-6,9,11,16H2,1-4H3. The second-order valence-corrected chi connectivity index (χ2v) is 4.93. The summed E-state index contributed by atoms with van der Waals surface area (Å²) in [5.74, 6) is 0. The first-order valence-electron chi connectivity index (χ1n) is 6.57. The van der Waals surface area contributed by atoms with Gasteiger partial charge >= 0.3 is 0 Å². The number of likely N-dealkylation sites (N-methyl/N-ethyl adjacent to an activating group) is 1. The molecule has 2 heteroatoms. The van der Waals surface area contributed by atoms with Gasteiger partial charge in [-0.25, -0.2) is 0 Å². The first-order chi connectivity index (χ1) is 8.10. The van der Waals surface area contributed by atoms with E-state index < -0.39 is 0 Å². The van der Waals surface area contributed by atoms with Crippen LogP contribution in [0.1, 0.15) is 42.5 Å². The topological polar surface area (TPSA) is 29.3 Å². The molecule has 0 amide bonds. The van der Waals surface area contributed by atoms with E-state index >= 15 is 0 Å². The van der Waals surface area contributed by atoms with Crippen LogP contribution in [0.15, 0.2) is 18.2 Å². The summed E-state index contributed by atoms with van der Waals surface area (Å²) in [6.07, 6.45) is 2.46. The third-order valence-electron chi connectivity index (χ3n) is 3.54. The number of unbranched alkanes of at least 4 members (excludes halogenated alkanes) is 1. The van der Waals surface area contributed by atoms with Crippen LogP contribution in [0.3, 0.4) is 0 Å². The normalized spacial score (nSPS) is 13.1. The van der Waals surface area contributed by atoms with Crippen LogP contribution in [-0.4, -0.2) is 25.0 Å². The third kappa shape index (κ3) is 3.83. The van der Waals surface area contributed by atoms with Gasteiger partial charge in [-0.3, -0.25) is 4.90 Å². The highest BCUT2D eigenvalue weighted by molar-refractivity contribution is 5.31. The molecule has 0 aliphatic heterocycles. The van der Waals surface area contributed by atoms with Crippen LogP contribution in [0.25, 0.3) is 0 Å². The minimum absolute atomic E-state index is 0.348. The van der Waals surface area contributed by atoms with E-state index in [2.05, 4.69) is 50.9 Å². The molecule has 1 unspecified atom stereocenters. The highest BCUT2D eigenvalue weighted by atomic mass is 15.1. The molecular weight excluding hydrogens is 208 g/mol. The molecular formula is C15H26N2. The van der Waals surface area contributed by atoms with Gasteiger partial charge in [-0.05, 0) is 50.6 Å². The Morgan fingerprint density at radius 3 is 2.47 bits per heavy atom. The number of aryl methyl sites for hydroxylation is 2. The number of nitrogens with zero attached hydrogens (tertiary/aromatic N) is 1. The van der Waals surface area contributed by atoms with E-state index in [9.17, 15) is 0 Å². The summed E-state index contributed by atoms with van der Waals surface area (Å²) in [6.45, 7) is 8.34. The van der Waals surface area contributed by atoms with Gasteiger partial charge in [0, 0.05) is 12.6 Å². The summed E-state index contributed by atoms with van der Waals surface area (Å²) in [7, 11) is 2.17. The molecule has 0 bridgehead atoms. The average molecular weight is 234 g/mol. The molecule has 0 fully saturated rings. The van der Waals surface area contributed by atoms with Crippen molar-refractivity contribution in [3.05, 3.63) is 34.9 Å². The largest absolute Gasteiger partial charge is 0.329 e. The van der Waals surface area contributed by atoms with Crippen LogP contribution in [0.4, 0.5) is 0 Å². The Bertz CT molecular complexity index is 347. The first-order valence-corrected chi connectivity index (χ1v) is 6.57. The molecule has 2 N–H and O–H groups in total. The smallest absolute Gasteiger partial charge is 0.0467 e. The van der Waals surface area contributed by atoms with E-state index in [4.69, 9.17) is 5.73 Å². The van der Waals surface area contributed by atoms with Crippen LogP contribution in [0.5, 0.6) is 0 Å². The maximum Gasteiger partial charge on any atom is 0.0467 e. The lowest BCUT2D eigenvalue weighted by Gasteiger charge is -2.27. The maximum atomic E-state index is 5.92. The molecule has 1 aromatic carbocycles. The van der Waals surface area contributed by atoms with Crippen LogP contribution >= 0.6 is 0 Å². The lowest BCUT2D eigenvalue weighted by molar-refractivity contribution is 0.246. The number of hydrogen-bond donors (Lipinski definition) is 1. The Morgan fingerprint density at radius 2 is 1.94 bits per heavy atom. The SMILES string of the molecule is CCCCN(C)C(CN)c1ccc(C)c(C)c1. The summed E-state index contributed by atoms with van der Waals surface area (Å²) in [5.41, 5.74) is 9.97. The highest BCUT2D eigenvalue weighted by Gasteiger charge is 2.15. The third-order valence-corrected chi connectivity index (χ3v) is 3.54. The predicted molar refractivity (Wildman–Crippen MR) is 75.2 cm³/mol. The Hall–Kier alpha value is -0.860. The Morgan fingerprint density at radius 1 is 1.24 bits per heavy atom. The molecule has 0 radical (unpaired) electrons. The molecule has 17 heavy (non-hydrogen) atoms. The van der Waals surface area contributed by atoms with Gasteiger partial charge in [-0.15, -0.1) is 0 Å². The zero-order chi connectivity index (χ0) is 12.8. The van der Waals surface area contributed by atoms with Gasteiger partial charge in [0.05, 0.1) is 0 Å². The molecule has 1 aromatic rings. The molecule has 0 saturated heterocycles. The Balaban J connectivity index is 2.81. The summed E-state index contributed by atoms with van der Waals surface area (Å²) in [5, 5.41) is 0. The van der Waals surface area contributed by atoms with Gasteiger partial charge in [-0.1, -0.05) is 31.5 Å². The number of hydrogen-bond acceptors (Lipinski definition) is 2. The molecule has 0 aliphatic carbocycles. The minimum Gasteiger partial charge on any atom is -0.329 e. The molecule has 0 heterocycles. The lowest BCUT2D eigenvalue weighted by atomic mass is 10.00. The molecule has 0 saturated carbocycles. The fraction of sp³-hybridized carbons (Fsp3) is 0.600. The van der Waals surface area contributed by atoms with Crippen molar-refractivity contribution < 1.29 is 0 Å². The Kier molecular flexibility index (Phi) is 5.66. The minimum atomic E-state index is 0.348. The van der Waals surface area contributed by atoms with Crippen molar-refractivity contribution in [1.29, 1.82) is 0 Å². The van der Waals surface area contributed by atoms with E-state index in [1.54, 1.807) is 0 Å². The molecule has 0 spiro atoms. The van der Waals surface area contributed by atoms with Crippen LogP contribution < -0.4 is 5.73 Å². The van der Waals surface area contributed by atoms with Crippen molar-refractivity contribution >= 4 is 0 Å². The Labute approximate surface area is 106 Å². The van der Waals surface area contributed by atoms with Gasteiger partial charge < -0.3 is 5.73 Å². The lowest BCUT2D eigenvalue weighted by Crippen LogP contribution is -2.31. The molecule has 0 aromatic heterocycles. The van der Waals surface area contributed by atoms with Gasteiger partial charge in [0.25, 0.3) is 0 Å². The van der Waals surface area contributed by atoms with Gasteiger partial charge in [0.2, 0.25) is 0 Å². The van der Waals surface area contributed by atoms with Crippen molar-refractivity contribution in [2.24, 2.45) is 5.73 Å².